The van der Waals surface area contributed by atoms with E-state index < -0.39 is 5.91 Å². The van der Waals surface area contributed by atoms with Crippen molar-refractivity contribution in [1.82, 2.24) is 24.5 Å². The van der Waals surface area contributed by atoms with Crippen LogP contribution in [-0.4, -0.2) is 37.5 Å². The molecule has 0 radical (unpaired) electrons. The second-order valence-corrected chi connectivity index (χ2v) is 7.36. The summed E-state index contributed by atoms with van der Waals surface area (Å²) in [5, 5.41) is 11.9. The minimum absolute atomic E-state index is 0.239. The Bertz CT molecular complexity index is 1650. The lowest BCUT2D eigenvalue weighted by atomic mass is 10.0. The Morgan fingerprint density at radius 3 is 2.76 bits per heavy atom. The van der Waals surface area contributed by atoms with Crippen molar-refractivity contribution in [2.75, 3.05) is 12.4 Å². The van der Waals surface area contributed by atoms with Crippen molar-refractivity contribution in [2.45, 2.75) is 6.42 Å². The van der Waals surface area contributed by atoms with Gasteiger partial charge in [-0.25, -0.2) is 14.8 Å². The van der Waals surface area contributed by atoms with Gasteiger partial charge in [0.15, 0.2) is 0 Å². The molecule has 0 aliphatic carbocycles. The monoisotopic (exact) mass is 451 g/mol. The van der Waals surface area contributed by atoms with Crippen molar-refractivity contribution < 1.29 is 9.53 Å². The molecule has 4 aromatic heterocycles. The second-order valence-electron chi connectivity index (χ2n) is 7.36. The van der Waals surface area contributed by atoms with Gasteiger partial charge in [-0.3, -0.25) is 14.3 Å². The fourth-order valence-electron chi connectivity index (χ4n) is 3.80. The second kappa shape index (κ2) is 8.48. The van der Waals surface area contributed by atoms with Crippen LogP contribution in [0.3, 0.4) is 0 Å². The quantitative estimate of drug-likeness (QED) is 0.418. The van der Waals surface area contributed by atoms with E-state index in [0.717, 1.165) is 16.5 Å². The first-order valence-electron chi connectivity index (χ1n) is 10.2. The zero-order valence-electron chi connectivity index (χ0n) is 17.9. The molecule has 0 saturated carbocycles. The van der Waals surface area contributed by atoms with Crippen LogP contribution in [0, 0.1) is 11.3 Å². The van der Waals surface area contributed by atoms with Crippen LogP contribution in [0.25, 0.3) is 38.8 Å². The molecule has 166 valence electrons. The highest BCUT2D eigenvalue weighted by atomic mass is 16.5. The molecule has 10 heteroatoms. The smallest absolute Gasteiger partial charge is 0.331 e. The molecule has 10 nitrogen and oxygen atoms in total. The number of ether oxygens (including phenoxy) is 1. The van der Waals surface area contributed by atoms with Gasteiger partial charge in [-0.05, 0) is 42.0 Å². The van der Waals surface area contributed by atoms with E-state index in [-0.39, 0.29) is 12.1 Å². The van der Waals surface area contributed by atoms with Gasteiger partial charge in [-0.1, -0.05) is 6.07 Å². The molecule has 5 rings (SSSR count). The molecule has 0 unspecified atom stereocenters. The highest BCUT2D eigenvalue weighted by Gasteiger charge is 2.17. The number of carbonyl (C=O) groups excluding carboxylic acids is 1. The summed E-state index contributed by atoms with van der Waals surface area (Å²) in [7, 11) is 1.50. The van der Waals surface area contributed by atoms with Gasteiger partial charge < -0.3 is 15.0 Å². The van der Waals surface area contributed by atoms with Gasteiger partial charge in [0, 0.05) is 23.3 Å². The number of rotatable bonds is 5. The predicted molar refractivity (Wildman–Crippen MR) is 126 cm³/mol. The molecular weight excluding hydrogens is 434 g/mol. The number of benzene rings is 1. The number of hydrogen-bond acceptors (Lipinski definition) is 7. The number of H-pyrrole nitrogens is 1. The van der Waals surface area contributed by atoms with E-state index in [4.69, 9.17) is 10.00 Å². The molecule has 0 spiro atoms. The summed E-state index contributed by atoms with van der Waals surface area (Å²) in [4.78, 5) is 40.3. The standard InChI is InChI=1S/C24H17N7O3/c1-34-23-19(3-2-10-26-23)31-22-16-11-14(4-6-17(16)27-13-18(22)29-24(31)33)15-5-7-20(28-12-15)30-21(32)8-9-25/h2-7,10-13H,8H2,1H3,(H,29,33)(H,28,30,32). The molecule has 2 N–H and O–H groups in total. The molecule has 4 heterocycles. The third-order valence-corrected chi connectivity index (χ3v) is 5.30. The summed E-state index contributed by atoms with van der Waals surface area (Å²) in [6.45, 7) is 0. The van der Waals surface area contributed by atoms with Crippen molar-refractivity contribution in [3.8, 4) is 28.8 Å². The Morgan fingerprint density at radius 2 is 2.00 bits per heavy atom. The van der Waals surface area contributed by atoms with E-state index in [9.17, 15) is 9.59 Å². The molecule has 0 atom stereocenters. The average Bonchev–Trinajstić information content (AvgIpc) is 3.20. The molecule has 0 fully saturated rings. The third kappa shape index (κ3) is 3.61. The summed E-state index contributed by atoms with van der Waals surface area (Å²) in [5.74, 6) is 0.264. The van der Waals surface area contributed by atoms with Gasteiger partial charge >= 0.3 is 5.69 Å². The first-order chi connectivity index (χ1) is 16.6. The molecule has 1 amide bonds. The number of aromatic nitrogens is 5. The van der Waals surface area contributed by atoms with Crippen molar-refractivity contribution in [3.63, 3.8) is 0 Å². The van der Waals surface area contributed by atoms with Crippen LogP contribution in [0.5, 0.6) is 5.88 Å². The van der Waals surface area contributed by atoms with Crippen LogP contribution < -0.4 is 15.7 Å². The van der Waals surface area contributed by atoms with Gasteiger partial charge in [0.1, 0.15) is 17.9 Å². The lowest BCUT2D eigenvalue weighted by molar-refractivity contribution is -0.115. The molecule has 34 heavy (non-hydrogen) atoms. The largest absolute Gasteiger partial charge is 0.479 e. The topological polar surface area (TPSA) is 139 Å². The predicted octanol–water partition coefficient (Wildman–Crippen LogP) is 3.18. The zero-order chi connectivity index (χ0) is 23.7. The zero-order valence-corrected chi connectivity index (χ0v) is 17.9. The summed E-state index contributed by atoms with van der Waals surface area (Å²) in [6, 6.07) is 14.5. The Kier molecular flexibility index (Phi) is 5.20. The van der Waals surface area contributed by atoms with Crippen LogP contribution in [0.4, 0.5) is 5.82 Å². The number of carbonyl (C=O) groups is 1. The molecule has 0 aliphatic rings. The van der Waals surface area contributed by atoms with Crippen LogP contribution in [0.2, 0.25) is 0 Å². The number of hydrogen-bond donors (Lipinski definition) is 2. The number of pyridine rings is 3. The fraction of sp³-hybridized carbons (Fsp3) is 0.0833. The Balaban J connectivity index is 1.65. The van der Waals surface area contributed by atoms with Crippen LogP contribution in [-0.2, 0) is 4.79 Å². The maximum Gasteiger partial charge on any atom is 0.331 e. The van der Waals surface area contributed by atoms with Gasteiger partial charge in [0.25, 0.3) is 0 Å². The number of fused-ring (bicyclic) bond motifs is 3. The van der Waals surface area contributed by atoms with Gasteiger partial charge in [-0.15, -0.1) is 0 Å². The minimum atomic E-state index is -0.418. The first-order valence-corrected chi connectivity index (χ1v) is 10.2. The van der Waals surface area contributed by atoms with E-state index in [1.807, 2.05) is 24.3 Å². The molecule has 0 aliphatic heterocycles. The Hall–Kier alpha value is -5.04. The SMILES string of the molecule is COc1ncccc1-n1c(=O)[nH]c2cnc3ccc(-c4ccc(NC(=O)CC#N)nc4)cc3c21. The van der Waals surface area contributed by atoms with E-state index in [2.05, 4.69) is 25.3 Å². The number of methoxy groups -OCH3 is 1. The number of amides is 1. The third-order valence-electron chi connectivity index (χ3n) is 5.30. The lowest BCUT2D eigenvalue weighted by Gasteiger charge is -2.10. The number of nitriles is 1. The van der Waals surface area contributed by atoms with Crippen LogP contribution >= 0.6 is 0 Å². The number of aromatic amines is 1. The van der Waals surface area contributed by atoms with E-state index in [1.165, 1.54) is 11.7 Å². The number of imidazole rings is 1. The Labute approximate surface area is 192 Å². The molecule has 5 aromatic rings. The van der Waals surface area contributed by atoms with Gasteiger partial charge in [0.05, 0.1) is 35.9 Å². The maximum absolute atomic E-state index is 12.9. The first kappa shape index (κ1) is 20.8. The highest BCUT2D eigenvalue weighted by molar-refractivity contribution is 6.04. The van der Waals surface area contributed by atoms with Crippen LogP contribution in [0.15, 0.2) is 65.8 Å². The summed E-state index contributed by atoms with van der Waals surface area (Å²) in [6.07, 6.45) is 4.61. The van der Waals surface area contributed by atoms with Crippen molar-refractivity contribution in [2.24, 2.45) is 0 Å². The maximum atomic E-state index is 12.9. The highest BCUT2D eigenvalue weighted by Crippen LogP contribution is 2.30. The van der Waals surface area contributed by atoms with E-state index >= 15 is 0 Å². The molecule has 0 saturated heterocycles. The number of nitrogens with one attached hydrogen (secondary N) is 2. The van der Waals surface area contributed by atoms with Crippen LogP contribution in [0.1, 0.15) is 6.42 Å². The normalized spacial score (nSPS) is 10.8. The summed E-state index contributed by atoms with van der Waals surface area (Å²) in [5.41, 5.74) is 3.77. The van der Waals surface area contributed by atoms with Crippen molar-refractivity contribution in [1.29, 1.82) is 5.26 Å². The Morgan fingerprint density at radius 1 is 1.15 bits per heavy atom. The molecular formula is C24H17N7O3. The van der Waals surface area contributed by atoms with Gasteiger partial charge in [0.2, 0.25) is 11.8 Å². The van der Waals surface area contributed by atoms with Gasteiger partial charge in [-0.2, -0.15) is 5.26 Å². The van der Waals surface area contributed by atoms with E-state index in [0.29, 0.717) is 33.9 Å². The summed E-state index contributed by atoms with van der Waals surface area (Å²) >= 11 is 0. The number of nitrogens with zero attached hydrogens (tertiary/aromatic N) is 5. The van der Waals surface area contributed by atoms with Crippen molar-refractivity contribution in [3.05, 3.63) is 71.5 Å². The van der Waals surface area contributed by atoms with Crippen molar-refractivity contribution >= 4 is 33.7 Å². The fourth-order valence-corrected chi connectivity index (χ4v) is 3.80. The average molecular weight is 451 g/mol. The lowest BCUT2D eigenvalue weighted by Crippen LogP contribution is -2.15. The number of anilines is 1. The summed E-state index contributed by atoms with van der Waals surface area (Å²) < 4.78 is 6.90. The molecule has 0 bridgehead atoms. The van der Waals surface area contributed by atoms with E-state index in [1.54, 1.807) is 42.9 Å². The molecule has 1 aromatic carbocycles. The minimum Gasteiger partial charge on any atom is -0.479 e.